The Hall–Kier alpha value is -5.05. The van der Waals surface area contributed by atoms with Crippen molar-refractivity contribution in [1.29, 1.82) is 0 Å². The normalized spacial score (nSPS) is 29.4. The van der Waals surface area contributed by atoms with E-state index in [1.165, 1.54) is 26.0 Å². The molecule has 0 radical (unpaired) electrons. The molecule has 1 N–H and O–H groups in total. The fraction of sp³-hybridized carbons (Fsp3) is 0.564. The molecule has 0 aliphatic heterocycles. The zero-order valence-electron chi connectivity index (χ0n) is 32.5. The molecule has 2 aliphatic rings. The van der Waals surface area contributed by atoms with Crippen LogP contribution in [0.5, 0.6) is 0 Å². The van der Waals surface area contributed by atoms with Crippen LogP contribution in [0, 0.1) is 17.3 Å². The molecule has 1 aromatic carbocycles. The average molecular weight is 759 g/mol. The summed E-state index contributed by atoms with van der Waals surface area (Å²) in [7, 11) is 0. The Morgan fingerprint density at radius 2 is 1.24 bits per heavy atom. The average Bonchev–Trinajstić information content (AvgIpc) is 3.27. The van der Waals surface area contributed by atoms with Gasteiger partial charge in [-0.1, -0.05) is 45.0 Å². The molecular weight excluding hydrogens is 708 g/mol. The minimum atomic E-state index is -2.33. The van der Waals surface area contributed by atoms with Crippen LogP contribution in [-0.4, -0.2) is 89.1 Å². The van der Waals surface area contributed by atoms with E-state index in [9.17, 15) is 38.7 Å². The van der Waals surface area contributed by atoms with Gasteiger partial charge >= 0.3 is 41.8 Å². The Morgan fingerprint density at radius 3 is 1.74 bits per heavy atom. The second kappa shape index (κ2) is 17.4. The van der Waals surface area contributed by atoms with Crippen molar-refractivity contribution in [2.45, 2.75) is 125 Å². The van der Waals surface area contributed by atoms with Crippen molar-refractivity contribution in [2.75, 3.05) is 0 Å². The number of carbonyl (C=O) groups excluding carboxylic acids is 7. The molecule has 1 fully saturated rings. The van der Waals surface area contributed by atoms with Gasteiger partial charge in [-0.25, -0.2) is 4.79 Å². The number of aliphatic hydroxyl groups is 1. The van der Waals surface area contributed by atoms with Crippen LogP contribution in [0.4, 0.5) is 0 Å². The van der Waals surface area contributed by atoms with E-state index < -0.39 is 107 Å². The summed E-state index contributed by atoms with van der Waals surface area (Å²) in [6, 6.07) is 7.86. The quantitative estimate of drug-likeness (QED) is 0.225. The molecule has 9 atom stereocenters. The molecule has 3 rings (SSSR count). The van der Waals surface area contributed by atoms with Gasteiger partial charge < -0.3 is 38.3 Å². The SMILES string of the molecule is CC(=O)OC1=C(C)C(O)C2C(OC(=O)c3ccccc3)C(C)C(OC(C)=O)C2(OC(C)=O)C(OC(C)=O)C(C)=CCC(C)(C)C(OC(C)=O)C1OC(C)=O. The summed E-state index contributed by atoms with van der Waals surface area (Å²) in [5.74, 6) is -9.22. The number of esters is 7. The van der Waals surface area contributed by atoms with E-state index in [0.29, 0.717) is 0 Å². The van der Waals surface area contributed by atoms with Gasteiger partial charge in [-0.3, -0.25) is 28.8 Å². The zero-order chi connectivity index (χ0) is 40.9. The molecule has 0 bridgehead atoms. The van der Waals surface area contributed by atoms with E-state index in [0.717, 1.165) is 41.5 Å². The summed E-state index contributed by atoms with van der Waals surface area (Å²) < 4.78 is 41.3. The lowest BCUT2D eigenvalue weighted by atomic mass is 9.72. The Balaban J connectivity index is 2.63. The van der Waals surface area contributed by atoms with Gasteiger partial charge in [-0.15, -0.1) is 0 Å². The number of rotatable bonds is 8. The van der Waals surface area contributed by atoms with Crippen molar-refractivity contribution < 1.29 is 71.8 Å². The summed E-state index contributed by atoms with van der Waals surface area (Å²) in [5.41, 5.74) is -3.36. The largest absolute Gasteiger partial charge is 0.458 e. The van der Waals surface area contributed by atoms with Crippen LogP contribution >= 0.6 is 0 Å². The second-order valence-electron chi connectivity index (χ2n) is 14.4. The van der Waals surface area contributed by atoms with Gasteiger partial charge in [-0.2, -0.15) is 0 Å². The molecule has 296 valence electrons. The standard InChI is InChI=1S/C39H50O15/c1-19-17-18-38(10,11)36(52-26(8)44)33(49-23(5)41)32(48-22(4)40)20(2)30(46)29-31(53-37(47)28-15-13-12-14-16-28)21(3)35(51-25(7)43)39(29,54-27(9)45)34(19)50-24(6)42/h12-17,21,29-31,33-36,46H,18H2,1-11H3. The number of ether oxygens (including phenoxy) is 7. The topological polar surface area (TPSA) is 204 Å². The molecule has 0 amide bonds. The lowest BCUT2D eigenvalue weighted by molar-refractivity contribution is -0.220. The number of benzene rings is 1. The minimum Gasteiger partial charge on any atom is -0.458 e. The van der Waals surface area contributed by atoms with Crippen molar-refractivity contribution in [1.82, 2.24) is 0 Å². The van der Waals surface area contributed by atoms with Gasteiger partial charge in [0, 0.05) is 52.9 Å². The monoisotopic (exact) mass is 758 g/mol. The van der Waals surface area contributed by atoms with E-state index in [4.69, 9.17) is 33.2 Å². The van der Waals surface area contributed by atoms with Crippen LogP contribution in [-0.2, 0) is 61.9 Å². The molecule has 2 aliphatic carbocycles. The van der Waals surface area contributed by atoms with Crippen LogP contribution in [0.15, 0.2) is 53.3 Å². The molecule has 54 heavy (non-hydrogen) atoms. The number of hydrogen-bond donors (Lipinski definition) is 1. The molecular formula is C39H50O15. The van der Waals surface area contributed by atoms with E-state index in [2.05, 4.69) is 0 Å². The van der Waals surface area contributed by atoms with E-state index in [-0.39, 0.29) is 23.1 Å². The second-order valence-corrected chi connectivity index (χ2v) is 14.4. The van der Waals surface area contributed by atoms with Crippen molar-refractivity contribution in [2.24, 2.45) is 17.3 Å². The maximum Gasteiger partial charge on any atom is 0.338 e. The van der Waals surface area contributed by atoms with Crippen molar-refractivity contribution >= 4 is 41.8 Å². The highest BCUT2D eigenvalue weighted by atomic mass is 16.6. The summed E-state index contributed by atoms with van der Waals surface area (Å²) in [4.78, 5) is 90.9. The third-order valence-corrected chi connectivity index (χ3v) is 9.55. The van der Waals surface area contributed by atoms with Gasteiger partial charge in [0.25, 0.3) is 0 Å². The number of carbonyl (C=O) groups is 7. The maximum atomic E-state index is 13.8. The van der Waals surface area contributed by atoms with Crippen molar-refractivity contribution in [3.05, 3.63) is 58.9 Å². The smallest absolute Gasteiger partial charge is 0.338 e. The third-order valence-electron chi connectivity index (χ3n) is 9.55. The molecule has 0 saturated heterocycles. The predicted molar refractivity (Wildman–Crippen MR) is 188 cm³/mol. The zero-order valence-corrected chi connectivity index (χ0v) is 32.5. The van der Waals surface area contributed by atoms with Crippen LogP contribution < -0.4 is 0 Å². The fourth-order valence-electron chi connectivity index (χ4n) is 7.39. The first-order chi connectivity index (χ1) is 25.0. The predicted octanol–water partition coefficient (Wildman–Crippen LogP) is 4.08. The molecule has 0 spiro atoms. The van der Waals surface area contributed by atoms with Gasteiger partial charge in [0.15, 0.2) is 35.8 Å². The molecule has 1 aromatic rings. The van der Waals surface area contributed by atoms with Gasteiger partial charge in [0.1, 0.15) is 6.10 Å². The van der Waals surface area contributed by atoms with Crippen LogP contribution in [0.2, 0.25) is 0 Å². The summed E-state index contributed by atoms with van der Waals surface area (Å²) in [6.45, 7) is 14.3. The van der Waals surface area contributed by atoms with Gasteiger partial charge in [0.05, 0.1) is 17.6 Å². The number of allylic oxidation sites excluding steroid dienone is 1. The van der Waals surface area contributed by atoms with Gasteiger partial charge in [0.2, 0.25) is 0 Å². The summed E-state index contributed by atoms with van der Waals surface area (Å²) in [5, 5.41) is 12.7. The fourth-order valence-corrected chi connectivity index (χ4v) is 7.39. The Bertz CT molecular complexity index is 1690. The summed E-state index contributed by atoms with van der Waals surface area (Å²) in [6.07, 6.45) is -8.01. The van der Waals surface area contributed by atoms with Crippen LogP contribution in [0.1, 0.15) is 92.9 Å². The highest BCUT2D eigenvalue weighted by Gasteiger charge is 2.72. The molecule has 0 heterocycles. The lowest BCUT2D eigenvalue weighted by Gasteiger charge is -2.46. The van der Waals surface area contributed by atoms with Crippen molar-refractivity contribution in [3.8, 4) is 0 Å². The number of hydrogen-bond acceptors (Lipinski definition) is 15. The molecule has 9 unspecified atom stereocenters. The number of aliphatic hydroxyl groups excluding tert-OH is 1. The van der Waals surface area contributed by atoms with Crippen LogP contribution in [0.3, 0.4) is 0 Å². The van der Waals surface area contributed by atoms with E-state index in [1.807, 2.05) is 0 Å². The molecule has 0 aromatic heterocycles. The van der Waals surface area contributed by atoms with Gasteiger partial charge in [-0.05, 0) is 43.5 Å². The van der Waals surface area contributed by atoms with Crippen LogP contribution in [0.25, 0.3) is 0 Å². The first-order valence-corrected chi connectivity index (χ1v) is 17.4. The third kappa shape index (κ3) is 9.54. The number of fused-ring (bicyclic) bond motifs is 1. The highest BCUT2D eigenvalue weighted by Crippen LogP contribution is 2.54. The van der Waals surface area contributed by atoms with E-state index >= 15 is 0 Å². The van der Waals surface area contributed by atoms with Crippen molar-refractivity contribution in [3.63, 3.8) is 0 Å². The Morgan fingerprint density at radius 1 is 0.704 bits per heavy atom. The Labute approximate surface area is 314 Å². The van der Waals surface area contributed by atoms with E-state index in [1.54, 1.807) is 45.0 Å². The Kier molecular flexibility index (Phi) is 14.0. The minimum absolute atomic E-state index is 0.00227. The molecule has 15 nitrogen and oxygen atoms in total. The molecule has 1 saturated carbocycles. The maximum absolute atomic E-state index is 13.8. The highest BCUT2D eigenvalue weighted by molar-refractivity contribution is 5.89. The first kappa shape index (κ1) is 43.4. The summed E-state index contributed by atoms with van der Waals surface area (Å²) >= 11 is 0. The molecule has 15 heteroatoms. The lowest BCUT2D eigenvalue weighted by Crippen LogP contribution is -2.63. The first-order valence-electron chi connectivity index (χ1n) is 17.4.